The number of para-hydroxylation sites is 1. The molecule has 2 heterocycles. The molecule has 32 heavy (non-hydrogen) atoms. The van der Waals surface area contributed by atoms with Gasteiger partial charge in [-0.1, -0.05) is 30.3 Å². The fraction of sp³-hybridized carbons (Fsp3) is 0.304. The van der Waals surface area contributed by atoms with Crippen molar-refractivity contribution in [3.05, 3.63) is 60.2 Å². The number of imide groups is 1. The Labute approximate surface area is 185 Å². The molecule has 4 rings (SSSR count). The first-order valence-corrected chi connectivity index (χ1v) is 10.3. The smallest absolute Gasteiger partial charge is 0.323 e. The van der Waals surface area contributed by atoms with Crippen LogP contribution in [0.25, 0.3) is 0 Å². The summed E-state index contributed by atoms with van der Waals surface area (Å²) in [6.07, 6.45) is 0. The summed E-state index contributed by atoms with van der Waals surface area (Å²) in [5, 5.41) is 2.75. The van der Waals surface area contributed by atoms with Crippen molar-refractivity contribution < 1.29 is 23.9 Å². The monoisotopic (exact) mass is 436 g/mol. The van der Waals surface area contributed by atoms with E-state index in [1.807, 2.05) is 0 Å². The SMILES string of the molecule is CCN1C(=O)C2C(C1=O)C(c1ccc(OC)cc1)N(C(=O)Nc1ccccc1)C2C(N)=O. The molecule has 5 amide bonds. The topological polar surface area (TPSA) is 122 Å². The number of likely N-dealkylation sites (tertiary alicyclic amines) is 2. The van der Waals surface area contributed by atoms with Crippen LogP contribution in [0.4, 0.5) is 10.5 Å². The third kappa shape index (κ3) is 3.35. The number of benzene rings is 2. The molecular weight excluding hydrogens is 412 g/mol. The lowest BCUT2D eigenvalue weighted by Crippen LogP contribution is -2.51. The average molecular weight is 436 g/mol. The van der Waals surface area contributed by atoms with Crippen LogP contribution in [-0.4, -0.2) is 53.2 Å². The highest BCUT2D eigenvalue weighted by atomic mass is 16.5. The zero-order valence-corrected chi connectivity index (χ0v) is 17.7. The molecule has 2 fully saturated rings. The summed E-state index contributed by atoms with van der Waals surface area (Å²) in [4.78, 5) is 54.6. The van der Waals surface area contributed by atoms with Crippen LogP contribution < -0.4 is 15.8 Å². The summed E-state index contributed by atoms with van der Waals surface area (Å²) in [5.41, 5.74) is 6.81. The van der Waals surface area contributed by atoms with Crippen molar-refractivity contribution in [3.63, 3.8) is 0 Å². The minimum Gasteiger partial charge on any atom is -0.497 e. The van der Waals surface area contributed by atoms with E-state index in [1.165, 1.54) is 12.0 Å². The zero-order chi connectivity index (χ0) is 23.0. The van der Waals surface area contributed by atoms with Crippen molar-refractivity contribution >= 4 is 29.4 Å². The molecule has 0 saturated carbocycles. The van der Waals surface area contributed by atoms with Gasteiger partial charge in [-0.25, -0.2) is 4.79 Å². The van der Waals surface area contributed by atoms with E-state index in [0.29, 0.717) is 17.0 Å². The third-order valence-corrected chi connectivity index (χ3v) is 6.09. The Morgan fingerprint density at radius 1 is 1.00 bits per heavy atom. The van der Waals surface area contributed by atoms with Gasteiger partial charge in [-0.3, -0.25) is 19.3 Å². The molecular formula is C23H24N4O5. The summed E-state index contributed by atoms with van der Waals surface area (Å²) >= 11 is 0. The van der Waals surface area contributed by atoms with E-state index in [0.717, 1.165) is 4.90 Å². The van der Waals surface area contributed by atoms with Gasteiger partial charge in [0.25, 0.3) is 0 Å². The van der Waals surface area contributed by atoms with Crippen LogP contribution in [0.2, 0.25) is 0 Å². The fourth-order valence-corrected chi connectivity index (χ4v) is 4.71. The molecule has 4 unspecified atom stereocenters. The minimum atomic E-state index is -1.26. The maximum absolute atomic E-state index is 13.4. The second-order valence-electron chi connectivity index (χ2n) is 7.74. The number of urea groups is 1. The van der Waals surface area contributed by atoms with Crippen molar-refractivity contribution in [1.29, 1.82) is 0 Å². The Morgan fingerprint density at radius 3 is 2.19 bits per heavy atom. The normalized spacial score (nSPS) is 24.4. The number of ether oxygens (including phenoxy) is 1. The van der Waals surface area contributed by atoms with E-state index in [2.05, 4.69) is 5.32 Å². The van der Waals surface area contributed by atoms with Crippen LogP contribution in [0.15, 0.2) is 54.6 Å². The maximum Gasteiger partial charge on any atom is 0.323 e. The number of hydrogen-bond acceptors (Lipinski definition) is 5. The van der Waals surface area contributed by atoms with Crippen molar-refractivity contribution in [3.8, 4) is 5.75 Å². The zero-order valence-electron chi connectivity index (χ0n) is 17.7. The van der Waals surface area contributed by atoms with Crippen molar-refractivity contribution in [2.24, 2.45) is 17.6 Å². The lowest BCUT2D eigenvalue weighted by atomic mass is 9.86. The molecule has 2 saturated heterocycles. The second-order valence-corrected chi connectivity index (χ2v) is 7.74. The molecule has 2 aromatic rings. The highest BCUT2D eigenvalue weighted by molar-refractivity contribution is 6.10. The van der Waals surface area contributed by atoms with Crippen LogP contribution in [0.1, 0.15) is 18.5 Å². The fourth-order valence-electron chi connectivity index (χ4n) is 4.71. The van der Waals surface area contributed by atoms with Gasteiger partial charge in [-0.2, -0.15) is 0 Å². The van der Waals surface area contributed by atoms with E-state index in [4.69, 9.17) is 10.5 Å². The Morgan fingerprint density at radius 2 is 1.62 bits per heavy atom. The maximum atomic E-state index is 13.4. The van der Waals surface area contributed by atoms with Gasteiger partial charge in [0.15, 0.2) is 0 Å². The number of rotatable bonds is 5. The Balaban J connectivity index is 1.81. The number of hydrogen-bond donors (Lipinski definition) is 2. The number of methoxy groups -OCH3 is 1. The van der Waals surface area contributed by atoms with Gasteiger partial charge < -0.3 is 20.7 Å². The lowest BCUT2D eigenvalue weighted by molar-refractivity contribution is -0.142. The van der Waals surface area contributed by atoms with Gasteiger partial charge in [-0.15, -0.1) is 0 Å². The number of primary amides is 1. The molecule has 0 aliphatic carbocycles. The molecule has 9 nitrogen and oxygen atoms in total. The molecule has 0 radical (unpaired) electrons. The van der Waals surface area contributed by atoms with Gasteiger partial charge in [0.05, 0.1) is 25.0 Å². The van der Waals surface area contributed by atoms with E-state index in [1.54, 1.807) is 61.5 Å². The quantitative estimate of drug-likeness (QED) is 0.692. The summed E-state index contributed by atoms with van der Waals surface area (Å²) < 4.78 is 5.21. The minimum absolute atomic E-state index is 0.182. The Hall–Kier alpha value is -3.88. The molecule has 3 N–H and O–H groups in total. The summed E-state index contributed by atoms with van der Waals surface area (Å²) in [6.45, 7) is 1.88. The Kier molecular flexibility index (Phi) is 5.56. The number of carbonyl (C=O) groups excluding carboxylic acids is 4. The summed E-state index contributed by atoms with van der Waals surface area (Å²) in [7, 11) is 1.53. The van der Waals surface area contributed by atoms with E-state index in [9.17, 15) is 19.2 Å². The molecule has 0 aromatic heterocycles. The number of nitrogens with zero attached hydrogens (tertiary/aromatic N) is 2. The van der Waals surface area contributed by atoms with Crippen LogP contribution in [0, 0.1) is 11.8 Å². The molecule has 0 bridgehead atoms. The van der Waals surface area contributed by atoms with Gasteiger partial charge in [-0.05, 0) is 36.8 Å². The standard InChI is InChI=1S/C23H24N4O5/c1-3-26-21(29)16-17(22(26)30)19(20(24)28)27(23(31)25-14-7-5-4-6-8-14)18(16)13-9-11-15(32-2)12-10-13/h4-12,16-19H,3H2,1-2H3,(H2,24,28)(H,25,31). The first kappa shape index (κ1) is 21.4. The number of anilines is 1. The second kappa shape index (κ2) is 8.33. The van der Waals surface area contributed by atoms with Crippen LogP contribution in [-0.2, 0) is 14.4 Å². The van der Waals surface area contributed by atoms with Crippen LogP contribution in [0.5, 0.6) is 5.75 Å². The molecule has 2 aliphatic rings. The first-order chi connectivity index (χ1) is 15.4. The Bertz CT molecular complexity index is 1060. The van der Waals surface area contributed by atoms with Crippen molar-refractivity contribution in [2.75, 3.05) is 19.0 Å². The van der Waals surface area contributed by atoms with Crippen LogP contribution in [0.3, 0.4) is 0 Å². The largest absolute Gasteiger partial charge is 0.497 e. The number of nitrogens with two attached hydrogens (primary N) is 1. The van der Waals surface area contributed by atoms with Gasteiger partial charge >= 0.3 is 6.03 Å². The summed E-state index contributed by atoms with van der Waals surface area (Å²) in [5.74, 6) is -3.08. The summed E-state index contributed by atoms with van der Waals surface area (Å²) in [6, 6.07) is 12.8. The number of carbonyl (C=O) groups is 4. The van der Waals surface area contributed by atoms with Gasteiger partial charge in [0, 0.05) is 12.2 Å². The van der Waals surface area contributed by atoms with Crippen LogP contribution >= 0.6 is 0 Å². The molecule has 2 aromatic carbocycles. The van der Waals surface area contributed by atoms with Gasteiger partial charge in [0.2, 0.25) is 17.7 Å². The van der Waals surface area contributed by atoms with Crippen molar-refractivity contribution in [2.45, 2.75) is 19.0 Å². The molecule has 0 spiro atoms. The lowest BCUT2D eigenvalue weighted by Gasteiger charge is -2.32. The predicted octanol–water partition coefficient (Wildman–Crippen LogP) is 1.76. The molecule has 9 heteroatoms. The molecule has 2 aliphatic heterocycles. The number of amides is 5. The van der Waals surface area contributed by atoms with E-state index < -0.39 is 47.7 Å². The van der Waals surface area contributed by atoms with E-state index >= 15 is 0 Å². The van der Waals surface area contributed by atoms with Crippen molar-refractivity contribution in [1.82, 2.24) is 9.80 Å². The highest BCUT2D eigenvalue weighted by Crippen LogP contribution is 2.50. The molecule has 4 atom stereocenters. The van der Waals surface area contributed by atoms with E-state index in [-0.39, 0.29) is 6.54 Å². The number of nitrogens with one attached hydrogen (secondary N) is 1. The first-order valence-electron chi connectivity index (χ1n) is 10.3. The van der Waals surface area contributed by atoms with Gasteiger partial charge in [0.1, 0.15) is 11.8 Å². The average Bonchev–Trinajstić information content (AvgIpc) is 3.27. The number of fused-ring (bicyclic) bond motifs is 1. The third-order valence-electron chi connectivity index (χ3n) is 6.09. The predicted molar refractivity (Wildman–Crippen MR) is 115 cm³/mol. The highest BCUT2D eigenvalue weighted by Gasteiger charge is 2.64. The molecule has 166 valence electrons.